The third-order valence-electron chi connectivity index (χ3n) is 3.60. The maximum Gasteiger partial charge on any atom is 0.342 e. The summed E-state index contributed by atoms with van der Waals surface area (Å²) in [4.78, 5) is 28.9. The van der Waals surface area contributed by atoms with Crippen molar-refractivity contribution in [2.45, 2.75) is 20.4 Å². The zero-order chi connectivity index (χ0) is 17.3. The zero-order valence-corrected chi connectivity index (χ0v) is 13.2. The lowest BCUT2D eigenvalue weighted by atomic mass is 10.2. The van der Waals surface area contributed by atoms with Crippen LogP contribution in [-0.2, 0) is 11.3 Å². The second-order valence-corrected chi connectivity index (χ2v) is 5.24. The van der Waals surface area contributed by atoms with Crippen LogP contribution in [0.3, 0.4) is 0 Å². The van der Waals surface area contributed by atoms with Crippen LogP contribution >= 0.6 is 0 Å². The van der Waals surface area contributed by atoms with Crippen molar-refractivity contribution in [3.8, 4) is 0 Å². The van der Waals surface area contributed by atoms with Crippen molar-refractivity contribution in [2.24, 2.45) is 0 Å². The fourth-order valence-electron chi connectivity index (χ4n) is 2.49. The summed E-state index contributed by atoms with van der Waals surface area (Å²) < 4.78 is 24.7. The molecule has 3 rings (SSSR count). The fraction of sp³-hybridized carbons (Fsp3) is 0.235. The molecule has 0 unspecified atom stereocenters. The van der Waals surface area contributed by atoms with E-state index in [1.807, 2.05) is 0 Å². The highest BCUT2D eigenvalue weighted by molar-refractivity contribution is 6.03. The maximum absolute atomic E-state index is 13.0. The van der Waals surface area contributed by atoms with Gasteiger partial charge in [-0.15, -0.1) is 0 Å². The van der Waals surface area contributed by atoms with E-state index in [2.05, 4.69) is 4.98 Å². The van der Waals surface area contributed by atoms with E-state index in [0.29, 0.717) is 0 Å². The van der Waals surface area contributed by atoms with E-state index in [1.165, 1.54) is 23.0 Å². The molecule has 0 aliphatic rings. The molecular weight excluding hydrogens is 315 g/mol. The van der Waals surface area contributed by atoms with Crippen LogP contribution in [0.4, 0.5) is 4.39 Å². The average Bonchev–Trinajstić information content (AvgIpc) is 2.89. The number of halogens is 1. The number of carbonyl (C=O) groups excluding carboxylic acids is 1. The van der Waals surface area contributed by atoms with Gasteiger partial charge >= 0.3 is 5.97 Å². The van der Waals surface area contributed by atoms with Gasteiger partial charge in [-0.1, -0.05) is 12.1 Å². The molecule has 3 aromatic rings. The van der Waals surface area contributed by atoms with Crippen LogP contribution in [0.2, 0.25) is 0 Å². The largest absolute Gasteiger partial charge is 0.462 e. The number of furan rings is 1. The predicted molar refractivity (Wildman–Crippen MR) is 84.5 cm³/mol. The van der Waals surface area contributed by atoms with Gasteiger partial charge < -0.3 is 9.15 Å². The molecule has 0 saturated heterocycles. The van der Waals surface area contributed by atoms with Gasteiger partial charge in [-0.25, -0.2) is 14.2 Å². The highest BCUT2D eigenvalue weighted by Gasteiger charge is 2.23. The number of benzene rings is 1. The van der Waals surface area contributed by atoms with E-state index < -0.39 is 11.5 Å². The van der Waals surface area contributed by atoms with Crippen LogP contribution in [0.15, 0.2) is 39.8 Å². The van der Waals surface area contributed by atoms with Crippen molar-refractivity contribution < 1.29 is 18.3 Å². The monoisotopic (exact) mass is 330 g/mol. The summed E-state index contributed by atoms with van der Waals surface area (Å²) in [6.45, 7) is 3.65. The second-order valence-electron chi connectivity index (χ2n) is 5.24. The van der Waals surface area contributed by atoms with Gasteiger partial charge in [0.25, 0.3) is 5.56 Å². The first kappa shape index (κ1) is 15.9. The first-order valence-corrected chi connectivity index (χ1v) is 7.41. The highest BCUT2D eigenvalue weighted by Crippen LogP contribution is 2.21. The highest BCUT2D eigenvalue weighted by atomic mass is 19.1. The molecule has 24 heavy (non-hydrogen) atoms. The number of aryl methyl sites for hydroxylation is 1. The smallest absolute Gasteiger partial charge is 0.342 e. The van der Waals surface area contributed by atoms with E-state index in [9.17, 15) is 14.0 Å². The topological polar surface area (TPSA) is 74.3 Å². The van der Waals surface area contributed by atoms with Gasteiger partial charge in [-0.2, -0.15) is 0 Å². The zero-order valence-electron chi connectivity index (χ0n) is 13.2. The number of esters is 1. The molecule has 0 atom stereocenters. The van der Waals surface area contributed by atoms with Crippen LogP contribution in [-0.4, -0.2) is 22.1 Å². The van der Waals surface area contributed by atoms with E-state index in [1.54, 1.807) is 26.0 Å². The Hall–Kier alpha value is -2.96. The number of nitrogens with zero attached hydrogens (tertiary/aromatic N) is 2. The van der Waals surface area contributed by atoms with E-state index in [0.717, 1.165) is 5.56 Å². The Bertz CT molecular complexity index is 957. The number of hydrogen-bond donors (Lipinski definition) is 0. The number of aromatic nitrogens is 2. The van der Waals surface area contributed by atoms with Crippen LogP contribution < -0.4 is 5.56 Å². The van der Waals surface area contributed by atoms with Crippen molar-refractivity contribution in [3.63, 3.8) is 0 Å². The SMILES string of the molecule is CCOC(=O)c1c(C)oc2ncn(Cc3ccc(F)cc3)c(=O)c12. The van der Waals surface area contributed by atoms with Crippen molar-refractivity contribution in [1.82, 2.24) is 9.55 Å². The predicted octanol–water partition coefficient (Wildman–Crippen LogP) is 2.66. The second kappa shape index (κ2) is 6.27. The molecule has 0 spiro atoms. The minimum atomic E-state index is -0.618. The molecule has 0 amide bonds. The summed E-state index contributed by atoms with van der Waals surface area (Å²) in [6, 6.07) is 5.80. The molecule has 0 aliphatic carbocycles. The van der Waals surface area contributed by atoms with E-state index in [4.69, 9.17) is 9.15 Å². The average molecular weight is 330 g/mol. The van der Waals surface area contributed by atoms with Gasteiger partial charge in [0.15, 0.2) is 0 Å². The molecule has 2 heterocycles. The maximum atomic E-state index is 13.0. The fourth-order valence-corrected chi connectivity index (χ4v) is 2.49. The lowest BCUT2D eigenvalue weighted by Crippen LogP contribution is -2.22. The summed E-state index contributed by atoms with van der Waals surface area (Å²) >= 11 is 0. The van der Waals surface area contributed by atoms with Gasteiger partial charge in [0.1, 0.15) is 28.9 Å². The standard InChI is InChI=1S/C17H15FN2O4/c1-3-23-17(22)13-10(2)24-15-14(13)16(21)20(9-19-15)8-11-4-6-12(18)7-5-11/h4-7,9H,3,8H2,1-2H3. The van der Waals surface area contributed by atoms with Crippen molar-refractivity contribution >= 4 is 17.1 Å². The Balaban J connectivity index is 2.09. The molecule has 7 heteroatoms. The van der Waals surface area contributed by atoms with Crippen molar-refractivity contribution in [2.75, 3.05) is 6.61 Å². The minimum Gasteiger partial charge on any atom is -0.462 e. The van der Waals surface area contributed by atoms with Crippen LogP contribution in [0.25, 0.3) is 11.1 Å². The molecule has 1 aromatic carbocycles. The third kappa shape index (κ3) is 2.80. The molecule has 0 radical (unpaired) electrons. The van der Waals surface area contributed by atoms with Gasteiger partial charge in [-0.3, -0.25) is 9.36 Å². The lowest BCUT2D eigenvalue weighted by molar-refractivity contribution is 0.0526. The number of carbonyl (C=O) groups is 1. The normalized spacial score (nSPS) is 11.0. The van der Waals surface area contributed by atoms with Crippen molar-refractivity contribution in [3.05, 3.63) is 63.7 Å². The van der Waals surface area contributed by atoms with Crippen LogP contribution in [0.1, 0.15) is 28.6 Å². The van der Waals surface area contributed by atoms with Gasteiger partial charge in [0.05, 0.1) is 13.2 Å². The number of ether oxygens (including phenoxy) is 1. The van der Waals surface area contributed by atoms with Crippen LogP contribution in [0, 0.1) is 12.7 Å². The molecule has 0 N–H and O–H groups in total. The Kier molecular flexibility index (Phi) is 4.16. The molecule has 2 aromatic heterocycles. The molecular formula is C17H15FN2O4. The first-order chi connectivity index (χ1) is 11.5. The lowest BCUT2D eigenvalue weighted by Gasteiger charge is -2.05. The van der Waals surface area contributed by atoms with Gasteiger partial charge in [0.2, 0.25) is 5.71 Å². The van der Waals surface area contributed by atoms with Crippen LogP contribution in [0.5, 0.6) is 0 Å². The Morgan fingerprint density at radius 1 is 1.33 bits per heavy atom. The summed E-state index contributed by atoms with van der Waals surface area (Å²) in [7, 11) is 0. The summed E-state index contributed by atoms with van der Waals surface area (Å²) in [6.07, 6.45) is 1.34. The first-order valence-electron chi connectivity index (χ1n) is 7.41. The van der Waals surface area contributed by atoms with Gasteiger partial charge in [-0.05, 0) is 31.5 Å². The molecule has 0 aliphatic heterocycles. The Morgan fingerprint density at radius 3 is 2.71 bits per heavy atom. The Morgan fingerprint density at radius 2 is 2.04 bits per heavy atom. The summed E-state index contributed by atoms with van der Waals surface area (Å²) in [5, 5.41) is 0.0931. The molecule has 124 valence electrons. The summed E-state index contributed by atoms with van der Waals surface area (Å²) in [5.74, 6) is -0.686. The van der Waals surface area contributed by atoms with Gasteiger partial charge in [0, 0.05) is 0 Å². The molecule has 0 bridgehead atoms. The number of fused-ring (bicyclic) bond motifs is 1. The van der Waals surface area contributed by atoms with E-state index in [-0.39, 0.29) is 41.4 Å². The Labute approximate surface area is 136 Å². The molecule has 0 saturated carbocycles. The number of rotatable bonds is 4. The molecule has 6 nitrogen and oxygen atoms in total. The van der Waals surface area contributed by atoms with E-state index >= 15 is 0 Å². The molecule has 0 fully saturated rings. The quantitative estimate of drug-likeness (QED) is 0.688. The number of hydrogen-bond acceptors (Lipinski definition) is 5. The van der Waals surface area contributed by atoms with Crippen molar-refractivity contribution in [1.29, 1.82) is 0 Å². The minimum absolute atomic E-state index is 0.0931. The third-order valence-corrected chi connectivity index (χ3v) is 3.60. The summed E-state index contributed by atoms with van der Waals surface area (Å²) in [5.41, 5.74) is 0.510.